The second kappa shape index (κ2) is 7.89. The Morgan fingerprint density at radius 3 is 2.25 bits per heavy atom. The van der Waals surface area contributed by atoms with E-state index in [1.165, 1.54) is 19.3 Å². The van der Waals surface area contributed by atoms with Gasteiger partial charge in [0.05, 0.1) is 5.60 Å². The Balaban J connectivity index is 3.48. The minimum absolute atomic E-state index is 0.00576. The van der Waals surface area contributed by atoms with Crippen molar-refractivity contribution in [2.45, 2.75) is 66.4 Å². The topological polar surface area (TPSA) is 9.23 Å². The predicted octanol–water partition coefficient (Wildman–Crippen LogP) is 4.82. The molecule has 16 heavy (non-hydrogen) atoms. The summed E-state index contributed by atoms with van der Waals surface area (Å²) in [5, 5.41) is 0. The lowest BCUT2D eigenvalue weighted by atomic mass is 10.0. The third kappa shape index (κ3) is 11.8. The summed E-state index contributed by atoms with van der Waals surface area (Å²) < 4.78 is 5.77. The molecular weight excluding hydrogens is 196 g/mol. The molecule has 0 saturated heterocycles. The molecule has 0 N–H and O–H groups in total. The Morgan fingerprint density at radius 1 is 1.12 bits per heavy atom. The van der Waals surface area contributed by atoms with Crippen molar-refractivity contribution in [1.29, 1.82) is 0 Å². The first-order chi connectivity index (χ1) is 7.31. The van der Waals surface area contributed by atoms with Crippen molar-refractivity contribution in [2.75, 3.05) is 6.61 Å². The van der Waals surface area contributed by atoms with Crippen LogP contribution in [-0.2, 0) is 4.74 Å². The molecule has 0 amide bonds. The fraction of sp³-hybridized carbons (Fsp3) is 0.867. The number of unbranched alkanes of at least 4 members (excludes halogenated alkanes) is 1. The van der Waals surface area contributed by atoms with Crippen LogP contribution in [-0.4, -0.2) is 12.2 Å². The van der Waals surface area contributed by atoms with Crippen molar-refractivity contribution in [3.05, 3.63) is 12.2 Å². The molecule has 1 atom stereocenters. The van der Waals surface area contributed by atoms with Gasteiger partial charge in [0.2, 0.25) is 0 Å². The zero-order chi connectivity index (χ0) is 12.6. The molecule has 0 aliphatic heterocycles. The van der Waals surface area contributed by atoms with E-state index in [9.17, 15) is 0 Å². The number of rotatable bonds is 7. The van der Waals surface area contributed by atoms with Gasteiger partial charge in [0.25, 0.3) is 0 Å². The molecule has 0 spiro atoms. The summed E-state index contributed by atoms with van der Waals surface area (Å²) in [7, 11) is 0. The number of hydrogen-bond donors (Lipinski definition) is 0. The summed E-state index contributed by atoms with van der Waals surface area (Å²) in [4.78, 5) is 0. The van der Waals surface area contributed by atoms with Gasteiger partial charge in [-0.1, -0.05) is 32.9 Å². The number of ether oxygens (including phenoxy) is 1. The second-order valence-electron chi connectivity index (χ2n) is 6.13. The van der Waals surface area contributed by atoms with Gasteiger partial charge < -0.3 is 4.74 Å². The highest BCUT2D eigenvalue weighted by molar-refractivity contribution is 4.84. The van der Waals surface area contributed by atoms with Gasteiger partial charge >= 0.3 is 0 Å². The highest BCUT2D eigenvalue weighted by Crippen LogP contribution is 2.14. The molecule has 0 unspecified atom stereocenters. The largest absolute Gasteiger partial charge is 0.376 e. The van der Waals surface area contributed by atoms with Gasteiger partial charge in [-0.05, 0) is 51.9 Å². The minimum Gasteiger partial charge on any atom is -0.376 e. The van der Waals surface area contributed by atoms with Crippen molar-refractivity contribution in [2.24, 2.45) is 11.8 Å². The molecule has 0 heterocycles. The Bertz CT molecular complexity index is 186. The Kier molecular flexibility index (Phi) is 7.74. The van der Waals surface area contributed by atoms with Crippen LogP contribution in [0, 0.1) is 11.8 Å². The van der Waals surface area contributed by atoms with Gasteiger partial charge in [-0.3, -0.25) is 0 Å². The molecule has 0 aromatic carbocycles. The van der Waals surface area contributed by atoms with Crippen molar-refractivity contribution in [3.63, 3.8) is 0 Å². The lowest BCUT2D eigenvalue weighted by molar-refractivity contribution is -0.0207. The summed E-state index contributed by atoms with van der Waals surface area (Å²) >= 11 is 0. The maximum absolute atomic E-state index is 5.77. The number of hydrogen-bond acceptors (Lipinski definition) is 1. The Labute approximate surface area is 102 Å². The first-order valence-electron chi connectivity index (χ1n) is 6.62. The van der Waals surface area contributed by atoms with Crippen LogP contribution in [0.4, 0.5) is 0 Å². The van der Waals surface area contributed by atoms with E-state index in [1.54, 1.807) is 0 Å². The molecule has 0 bridgehead atoms. The molecule has 0 aromatic heterocycles. The molecule has 0 saturated carbocycles. The molecule has 1 heteroatoms. The van der Waals surface area contributed by atoms with E-state index in [1.807, 2.05) is 0 Å². The maximum Gasteiger partial charge on any atom is 0.0598 e. The van der Waals surface area contributed by atoms with E-state index >= 15 is 0 Å². The molecule has 1 nitrogen and oxygen atoms in total. The third-order valence-electron chi connectivity index (χ3n) is 2.39. The quantitative estimate of drug-likeness (QED) is 0.447. The molecule has 0 radical (unpaired) electrons. The van der Waals surface area contributed by atoms with Crippen molar-refractivity contribution < 1.29 is 4.74 Å². The van der Waals surface area contributed by atoms with Gasteiger partial charge in [-0.15, -0.1) is 0 Å². The highest BCUT2D eigenvalue weighted by Gasteiger charge is 2.11. The molecule has 0 aromatic rings. The first-order valence-corrected chi connectivity index (χ1v) is 6.62. The van der Waals surface area contributed by atoms with Crippen LogP contribution in [0.15, 0.2) is 12.2 Å². The highest BCUT2D eigenvalue weighted by atomic mass is 16.5. The zero-order valence-electron chi connectivity index (χ0n) is 12.0. The SMILES string of the molecule is CC(C)/C=C/CCC[C@H](C)COC(C)(C)C. The van der Waals surface area contributed by atoms with Gasteiger partial charge in [0.1, 0.15) is 0 Å². The van der Waals surface area contributed by atoms with E-state index in [4.69, 9.17) is 4.74 Å². The van der Waals surface area contributed by atoms with Crippen molar-refractivity contribution >= 4 is 0 Å². The van der Waals surface area contributed by atoms with Crippen molar-refractivity contribution in [1.82, 2.24) is 0 Å². The predicted molar refractivity (Wildman–Crippen MR) is 72.7 cm³/mol. The molecule has 0 rings (SSSR count). The van der Waals surface area contributed by atoms with E-state index in [0.717, 1.165) is 6.61 Å². The Hall–Kier alpha value is -0.300. The van der Waals surface area contributed by atoms with Crippen LogP contribution >= 0.6 is 0 Å². The van der Waals surface area contributed by atoms with Crippen LogP contribution in [0.25, 0.3) is 0 Å². The summed E-state index contributed by atoms with van der Waals surface area (Å²) in [6.45, 7) is 13.9. The fourth-order valence-electron chi connectivity index (χ4n) is 1.43. The fourth-order valence-corrected chi connectivity index (χ4v) is 1.43. The Morgan fingerprint density at radius 2 is 1.75 bits per heavy atom. The van der Waals surface area contributed by atoms with E-state index in [0.29, 0.717) is 11.8 Å². The van der Waals surface area contributed by atoms with Crippen LogP contribution in [0.5, 0.6) is 0 Å². The minimum atomic E-state index is 0.00576. The summed E-state index contributed by atoms with van der Waals surface area (Å²) in [5.41, 5.74) is 0.00576. The van der Waals surface area contributed by atoms with Gasteiger partial charge in [0.15, 0.2) is 0 Å². The average molecular weight is 226 g/mol. The molecular formula is C15H30O. The summed E-state index contributed by atoms with van der Waals surface area (Å²) in [6, 6.07) is 0. The van der Waals surface area contributed by atoms with Gasteiger partial charge in [-0.25, -0.2) is 0 Å². The standard InChI is InChI=1S/C15H30O/c1-13(2)10-8-7-9-11-14(3)12-16-15(4,5)6/h8,10,13-14H,7,9,11-12H2,1-6H3/b10-8+/t14-/m0/s1. The van der Waals surface area contributed by atoms with E-state index in [-0.39, 0.29) is 5.60 Å². The van der Waals surface area contributed by atoms with Gasteiger partial charge in [-0.2, -0.15) is 0 Å². The zero-order valence-corrected chi connectivity index (χ0v) is 12.0. The van der Waals surface area contributed by atoms with Crippen LogP contribution in [0.3, 0.4) is 0 Å². The number of allylic oxidation sites excluding steroid dienone is 2. The lowest BCUT2D eigenvalue weighted by Gasteiger charge is -2.22. The maximum atomic E-state index is 5.77. The first kappa shape index (κ1) is 15.7. The smallest absolute Gasteiger partial charge is 0.0598 e. The molecule has 0 aliphatic carbocycles. The van der Waals surface area contributed by atoms with Crippen LogP contribution in [0.2, 0.25) is 0 Å². The second-order valence-corrected chi connectivity index (χ2v) is 6.13. The van der Waals surface area contributed by atoms with E-state index in [2.05, 4.69) is 53.7 Å². The normalized spacial score (nSPS) is 14.9. The summed E-state index contributed by atoms with van der Waals surface area (Å²) in [6.07, 6.45) is 8.34. The summed E-state index contributed by atoms with van der Waals surface area (Å²) in [5.74, 6) is 1.35. The molecule has 0 fully saturated rings. The van der Waals surface area contributed by atoms with E-state index < -0.39 is 0 Å². The third-order valence-corrected chi connectivity index (χ3v) is 2.39. The average Bonchev–Trinajstić information content (AvgIpc) is 2.12. The molecule has 0 aliphatic rings. The van der Waals surface area contributed by atoms with Crippen molar-refractivity contribution in [3.8, 4) is 0 Å². The lowest BCUT2D eigenvalue weighted by Crippen LogP contribution is -2.22. The van der Waals surface area contributed by atoms with Crippen LogP contribution in [0.1, 0.15) is 60.8 Å². The van der Waals surface area contributed by atoms with Crippen LogP contribution < -0.4 is 0 Å². The monoisotopic (exact) mass is 226 g/mol. The van der Waals surface area contributed by atoms with Gasteiger partial charge in [0, 0.05) is 6.61 Å². The molecule has 96 valence electrons.